The molecular weight excluding hydrogens is 272 g/mol. The summed E-state index contributed by atoms with van der Waals surface area (Å²) < 4.78 is 5.54. The third kappa shape index (κ3) is 2.14. The number of nitrogens with zero attached hydrogens (tertiary/aromatic N) is 1. The molecule has 1 N–H and O–H groups in total. The molecule has 16 heavy (non-hydrogen) atoms. The van der Waals surface area contributed by atoms with Crippen molar-refractivity contribution in [2.24, 2.45) is 0 Å². The first-order valence-electron chi connectivity index (χ1n) is 4.60. The maximum Gasteiger partial charge on any atom is 0.374 e. The van der Waals surface area contributed by atoms with Crippen LogP contribution in [0.5, 0.6) is 0 Å². The average molecular weight is 281 g/mol. The topological polar surface area (TPSA) is 55.0 Å². The molecule has 0 fully saturated rings. The van der Waals surface area contributed by atoms with Crippen molar-refractivity contribution in [3.63, 3.8) is 0 Å². The smallest absolute Gasteiger partial charge is 0.374 e. The summed E-state index contributed by atoms with van der Waals surface area (Å²) in [6, 6.07) is 7.72. The van der Waals surface area contributed by atoms with Gasteiger partial charge >= 0.3 is 5.97 Å². The van der Waals surface area contributed by atoms with Crippen LogP contribution in [0.25, 0.3) is 11.3 Å². The van der Waals surface area contributed by atoms with Gasteiger partial charge in [-0.3, -0.25) is 0 Å². The van der Waals surface area contributed by atoms with Crippen molar-refractivity contribution in [3.05, 3.63) is 40.8 Å². The lowest BCUT2D eigenvalue weighted by molar-refractivity contribution is 0.0588. The lowest BCUT2D eigenvalue weighted by Gasteiger charge is -1.97. The number of nitrogens with one attached hydrogen (secondary N) is 1. The highest BCUT2D eigenvalue weighted by atomic mass is 79.9. The monoisotopic (exact) mass is 280 g/mol. The second-order valence-electron chi connectivity index (χ2n) is 3.15. The Bertz CT molecular complexity index is 522. The van der Waals surface area contributed by atoms with Crippen LogP contribution in [0, 0.1) is 0 Å². The molecule has 1 aromatic heterocycles. The van der Waals surface area contributed by atoms with Gasteiger partial charge < -0.3 is 9.72 Å². The Kier molecular flexibility index (Phi) is 3.05. The third-order valence-electron chi connectivity index (χ3n) is 2.09. The minimum Gasteiger partial charge on any atom is -0.463 e. The third-order valence-corrected chi connectivity index (χ3v) is 2.58. The molecule has 0 unspecified atom stereocenters. The van der Waals surface area contributed by atoms with Gasteiger partial charge in [0.15, 0.2) is 0 Å². The Morgan fingerprint density at radius 1 is 1.50 bits per heavy atom. The molecule has 0 saturated heterocycles. The summed E-state index contributed by atoms with van der Waals surface area (Å²) in [5.74, 6) is -0.265. The molecule has 0 amide bonds. The van der Waals surface area contributed by atoms with Crippen LogP contribution in [0.3, 0.4) is 0 Å². The van der Waals surface area contributed by atoms with Crippen LogP contribution in [-0.2, 0) is 4.74 Å². The van der Waals surface area contributed by atoms with Crippen LogP contribution >= 0.6 is 15.9 Å². The molecule has 1 heterocycles. The van der Waals surface area contributed by atoms with Gasteiger partial charge in [0.25, 0.3) is 0 Å². The van der Waals surface area contributed by atoms with Crippen LogP contribution in [0.4, 0.5) is 0 Å². The van der Waals surface area contributed by atoms with Gasteiger partial charge in [-0.1, -0.05) is 28.1 Å². The second kappa shape index (κ2) is 4.49. The minimum absolute atomic E-state index is 0.206. The Labute approximate surface area is 101 Å². The molecule has 4 nitrogen and oxygen atoms in total. The Hall–Kier alpha value is -1.62. The lowest BCUT2D eigenvalue weighted by Crippen LogP contribution is -2.03. The summed E-state index contributed by atoms with van der Waals surface area (Å²) in [6.45, 7) is 0. The maximum absolute atomic E-state index is 11.2. The highest BCUT2D eigenvalue weighted by Crippen LogP contribution is 2.21. The molecule has 0 aliphatic carbocycles. The van der Waals surface area contributed by atoms with E-state index in [1.807, 2.05) is 24.3 Å². The lowest BCUT2D eigenvalue weighted by atomic mass is 10.2. The van der Waals surface area contributed by atoms with Gasteiger partial charge in [-0.15, -0.1) is 0 Å². The first-order chi connectivity index (χ1) is 7.70. The number of imidazole rings is 1. The number of hydrogen-bond acceptors (Lipinski definition) is 3. The average Bonchev–Trinajstić information content (AvgIpc) is 2.77. The summed E-state index contributed by atoms with van der Waals surface area (Å²) in [4.78, 5) is 18.0. The van der Waals surface area contributed by atoms with Crippen molar-refractivity contribution < 1.29 is 9.53 Å². The van der Waals surface area contributed by atoms with Gasteiger partial charge in [0.2, 0.25) is 5.82 Å². The summed E-state index contributed by atoms with van der Waals surface area (Å²) in [7, 11) is 1.32. The van der Waals surface area contributed by atoms with Crippen molar-refractivity contribution in [2.45, 2.75) is 0 Å². The largest absolute Gasteiger partial charge is 0.463 e. The van der Waals surface area contributed by atoms with E-state index >= 15 is 0 Å². The molecule has 2 aromatic rings. The minimum atomic E-state index is -0.471. The van der Waals surface area contributed by atoms with Crippen LogP contribution in [-0.4, -0.2) is 23.0 Å². The SMILES string of the molecule is COC(=O)c1ncc(-c2cccc(Br)c2)[nH]1. The molecule has 0 radical (unpaired) electrons. The fourth-order valence-electron chi connectivity index (χ4n) is 1.32. The van der Waals surface area contributed by atoms with Gasteiger partial charge in [-0.05, 0) is 12.1 Å². The van der Waals surface area contributed by atoms with Crippen molar-refractivity contribution in [3.8, 4) is 11.3 Å². The van der Waals surface area contributed by atoms with Gasteiger partial charge in [-0.2, -0.15) is 0 Å². The van der Waals surface area contributed by atoms with E-state index < -0.39 is 5.97 Å². The van der Waals surface area contributed by atoms with Crippen LogP contribution < -0.4 is 0 Å². The highest BCUT2D eigenvalue weighted by molar-refractivity contribution is 9.10. The Balaban J connectivity index is 2.35. The maximum atomic E-state index is 11.2. The number of aromatic amines is 1. The van der Waals surface area contributed by atoms with E-state index in [2.05, 4.69) is 30.6 Å². The number of halogens is 1. The molecule has 0 atom stereocenters. The molecule has 0 aliphatic rings. The van der Waals surface area contributed by atoms with E-state index in [4.69, 9.17) is 0 Å². The van der Waals surface area contributed by atoms with Crippen LogP contribution in [0.15, 0.2) is 34.9 Å². The normalized spacial score (nSPS) is 10.1. The zero-order valence-corrected chi connectivity index (χ0v) is 10.1. The highest BCUT2D eigenvalue weighted by Gasteiger charge is 2.10. The van der Waals surface area contributed by atoms with Crippen LogP contribution in [0.2, 0.25) is 0 Å². The zero-order chi connectivity index (χ0) is 11.5. The molecule has 0 bridgehead atoms. The number of carbonyl (C=O) groups is 1. The molecule has 0 aliphatic heterocycles. The van der Waals surface area contributed by atoms with Crippen molar-refractivity contribution in [1.29, 1.82) is 0 Å². The number of ether oxygens (including phenoxy) is 1. The predicted octanol–water partition coefficient (Wildman–Crippen LogP) is 2.63. The summed E-state index contributed by atoms with van der Waals surface area (Å²) >= 11 is 3.38. The van der Waals surface area contributed by atoms with Gasteiger partial charge in [0.1, 0.15) is 0 Å². The van der Waals surface area contributed by atoms with Gasteiger partial charge in [-0.25, -0.2) is 9.78 Å². The van der Waals surface area contributed by atoms with Crippen molar-refractivity contribution in [1.82, 2.24) is 9.97 Å². The number of aromatic nitrogens is 2. The zero-order valence-electron chi connectivity index (χ0n) is 8.53. The van der Waals surface area contributed by atoms with E-state index in [1.165, 1.54) is 7.11 Å². The molecule has 1 aromatic carbocycles. The van der Waals surface area contributed by atoms with E-state index in [1.54, 1.807) is 6.20 Å². The summed E-state index contributed by atoms with van der Waals surface area (Å²) in [5, 5.41) is 0. The van der Waals surface area contributed by atoms with E-state index in [0.717, 1.165) is 15.7 Å². The molecule has 2 rings (SSSR count). The predicted molar refractivity (Wildman–Crippen MR) is 63.1 cm³/mol. The second-order valence-corrected chi connectivity index (χ2v) is 4.06. The van der Waals surface area contributed by atoms with Gasteiger partial charge in [0.05, 0.1) is 19.0 Å². The summed E-state index contributed by atoms with van der Waals surface area (Å²) in [6.07, 6.45) is 1.61. The number of esters is 1. The Morgan fingerprint density at radius 3 is 3.00 bits per heavy atom. The summed E-state index contributed by atoms with van der Waals surface area (Å²) in [5.41, 5.74) is 1.73. The molecule has 82 valence electrons. The number of carbonyl (C=O) groups excluding carboxylic acids is 1. The first kappa shape index (κ1) is 10.9. The van der Waals surface area contributed by atoms with E-state index in [9.17, 15) is 4.79 Å². The number of rotatable bonds is 2. The number of H-pyrrole nitrogens is 1. The fourth-order valence-corrected chi connectivity index (χ4v) is 1.72. The first-order valence-corrected chi connectivity index (χ1v) is 5.39. The van der Waals surface area contributed by atoms with E-state index in [0.29, 0.717) is 0 Å². The Morgan fingerprint density at radius 2 is 2.31 bits per heavy atom. The molecule has 0 spiro atoms. The molecular formula is C11H9BrN2O2. The van der Waals surface area contributed by atoms with Gasteiger partial charge in [0, 0.05) is 10.0 Å². The molecule has 5 heteroatoms. The van der Waals surface area contributed by atoms with Crippen LogP contribution in [0.1, 0.15) is 10.6 Å². The van der Waals surface area contributed by atoms with Crippen molar-refractivity contribution >= 4 is 21.9 Å². The molecule has 0 saturated carbocycles. The standard InChI is InChI=1S/C11H9BrN2O2/c1-16-11(15)10-13-6-9(14-10)7-3-2-4-8(12)5-7/h2-6H,1H3,(H,13,14). The number of hydrogen-bond donors (Lipinski definition) is 1. The number of benzene rings is 1. The van der Waals surface area contributed by atoms with Crippen molar-refractivity contribution in [2.75, 3.05) is 7.11 Å². The number of methoxy groups -OCH3 is 1. The fraction of sp³-hybridized carbons (Fsp3) is 0.0909. The quantitative estimate of drug-likeness (QED) is 0.861. The van der Waals surface area contributed by atoms with E-state index in [-0.39, 0.29) is 5.82 Å².